The summed E-state index contributed by atoms with van der Waals surface area (Å²) in [7, 11) is -3.84. The van der Waals surface area contributed by atoms with Gasteiger partial charge in [0.1, 0.15) is 18.0 Å². The van der Waals surface area contributed by atoms with Gasteiger partial charge < -0.3 is 14.4 Å². The van der Waals surface area contributed by atoms with Crippen molar-refractivity contribution in [1.29, 1.82) is 0 Å². The quantitative estimate of drug-likeness (QED) is 0.589. The van der Waals surface area contributed by atoms with Gasteiger partial charge in [0.15, 0.2) is 0 Å². The summed E-state index contributed by atoms with van der Waals surface area (Å²) in [6.45, 7) is 7.46. The van der Waals surface area contributed by atoms with E-state index in [2.05, 4.69) is 0 Å². The molecule has 1 amide bonds. The molecular weight excluding hydrogens is 480 g/mol. The van der Waals surface area contributed by atoms with Gasteiger partial charge >= 0.3 is 16.5 Å². The highest BCUT2D eigenvalue weighted by Crippen LogP contribution is 2.31. The minimum atomic E-state index is -3.84. The number of ether oxygens (including phenoxy) is 2. The Bertz CT molecular complexity index is 1070. The lowest BCUT2D eigenvalue weighted by atomic mass is 9.98. The zero-order valence-electron chi connectivity index (χ0n) is 19.6. The summed E-state index contributed by atoms with van der Waals surface area (Å²) in [6.07, 6.45) is 1.48. The van der Waals surface area contributed by atoms with Gasteiger partial charge in [-0.1, -0.05) is 12.1 Å². The van der Waals surface area contributed by atoms with E-state index in [9.17, 15) is 13.2 Å². The zero-order valence-corrected chi connectivity index (χ0v) is 21.2. The molecule has 0 saturated carbocycles. The highest BCUT2D eigenvalue weighted by atomic mass is 32.3. The molecule has 3 heterocycles. The molecule has 2 aliphatic heterocycles. The number of amides is 1. The summed E-state index contributed by atoms with van der Waals surface area (Å²) in [5.74, 6) is 0.898. The molecule has 2 aromatic rings. The Kier molecular flexibility index (Phi) is 7.46. The maximum atomic E-state index is 12.3. The molecule has 9 nitrogen and oxygen atoms in total. The van der Waals surface area contributed by atoms with Crippen molar-refractivity contribution in [3.8, 4) is 5.75 Å². The van der Waals surface area contributed by atoms with Crippen LogP contribution >= 0.6 is 11.3 Å². The second-order valence-corrected chi connectivity index (χ2v) is 11.6. The van der Waals surface area contributed by atoms with Crippen LogP contribution < -0.4 is 4.74 Å². The molecule has 2 saturated heterocycles. The summed E-state index contributed by atoms with van der Waals surface area (Å²) >= 11 is 1.63. The molecule has 0 aliphatic carbocycles. The fraction of sp³-hybridized carbons (Fsp3) is 0.565. The van der Waals surface area contributed by atoms with Crippen molar-refractivity contribution >= 4 is 27.8 Å². The normalized spacial score (nSPS) is 19.7. The van der Waals surface area contributed by atoms with Crippen molar-refractivity contribution in [2.24, 2.45) is 0 Å². The highest BCUT2D eigenvalue weighted by molar-refractivity contribution is 7.81. The van der Waals surface area contributed by atoms with Crippen LogP contribution in [0.2, 0.25) is 0 Å². The van der Waals surface area contributed by atoms with Gasteiger partial charge in [-0.05, 0) is 51.3 Å². The van der Waals surface area contributed by atoms with E-state index in [1.165, 1.54) is 0 Å². The Labute approximate surface area is 204 Å². The van der Waals surface area contributed by atoms with Crippen LogP contribution in [0.5, 0.6) is 5.75 Å². The highest BCUT2D eigenvalue weighted by Gasteiger charge is 2.29. The number of likely N-dealkylation sites (tertiary alicyclic amines) is 1. The maximum Gasteiger partial charge on any atom is 0.410 e. The van der Waals surface area contributed by atoms with Crippen molar-refractivity contribution in [2.75, 3.05) is 26.3 Å². The van der Waals surface area contributed by atoms with Crippen LogP contribution in [0.4, 0.5) is 4.79 Å². The topological polar surface area (TPSA) is 104 Å². The molecule has 1 aromatic heterocycles. The number of carbonyl (C=O) groups excluding carboxylic acids is 1. The van der Waals surface area contributed by atoms with Gasteiger partial charge in [0.05, 0.1) is 23.9 Å². The van der Waals surface area contributed by atoms with E-state index in [4.69, 9.17) is 22.8 Å². The first kappa shape index (κ1) is 24.9. The molecule has 0 atom stereocenters. The van der Waals surface area contributed by atoms with Gasteiger partial charge in [-0.15, -0.1) is 11.3 Å². The fourth-order valence-corrected chi connectivity index (χ4v) is 5.52. The van der Waals surface area contributed by atoms with E-state index in [1.54, 1.807) is 16.2 Å². The number of aromatic nitrogens is 1. The van der Waals surface area contributed by atoms with Gasteiger partial charge in [0, 0.05) is 30.3 Å². The summed E-state index contributed by atoms with van der Waals surface area (Å²) in [5, 5.41) is 3.09. The first-order valence-corrected chi connectivity index (χ1v) is 13.5. The third kappa shape index (κ3) is 6.68. The smallest absolute Gasteiger partial charge is 0.410 e. The molecule has 34 heavy (non-hydrogen) atoms. The number of hydrogen-bond donors (Lipinski definition) is 0. The lowest BCUT2D eigenvalue weighted by molar-refractivity contribution is 0.0204. The Hall–Kier alpha value is -2.21. The lowest BCUT2D eigenvalue weighted by Crippen LogP contribution is -2.41. The number of nitrogens with zero attached hydrogens (tertiary/aromatic N) is 2. The van der Waals surface area contributed by atoms with Gasteiger partial charge in [-0.2, -0.15) is 8.42 Å². The Morgan fingerprint density at radius 2 is 1.76 bits per heavy atom. The van der Waals surface area contributed by atoms with Crippen LogP contribution in [0.15, 0.2) is 29.6 Å². The van der Waals surface area contributed by atoms with E-state index in [-0.39, 0.29) is 25.2 Å². The van der Waals surface area contributed by atoms with E-state index in [0.717, 1.165) is 29.1 Å². The summed E-state index contributed by atoms with van der Waals surface area (Å²) < 4.78 is 43.2. The van der Waals surface area contributed by atoms with Crippen LogP contribution in [-0.4, -0.2) is 56.3 Å². The zero-order chi connectivity index (χ0) is 24.3. The molecule has 1 aromatic carbocycles. The summed E-state index contributed by atoms with van der Waals surface area (Å²) in [4.78, 5) is 18.8. The lowest BCUT2D eigenvalue weighted by Gasteiger charge is -2.32. The Morgan fingerprint density at radius 3 is 2.38 bits per heavy atom. The first-order valence-electron chi connectivity index (χ1n) is 11.3. The van der Waals surface area contributed by atoms with Crippen molar-refractivity contribution in [3.05, 3.63) is 45.9 Å². The predicted molar refractivity (Wildman–Crippen MR) is 126 cm³/mol. The van der Waals surface area contributed by atoms with Crippen LogP contribution in [0.25, 0.3) is 0 Å². The van der Waals surface area contributed by atoms with Gasteiger partial charge in [0.2, 0.25) is 0 Å². The molecule has 4 rings (SSSR count). The van der Waals surface area contributed by atoms with E-state index in [0.29, 0.717) is 31.4 Å². The molecule has 0 spiro atoms. The van der Waals surface area contributed by atoms with Crippen LogP contribution in [-0.2, 0) is 30.1 Å². The molecule has 11 heteroatoms. The molecule has 0 unspecified atom stereocenters. The molecule has 186 valence electrons. The average molecular weight is 511 g/mol. The Morgan fingerprint density at radius 1 is 1.12 bits per heavy atom. The van der Waals surface area contributed by atoms with E-state index < -0.39 is 16.0 Å². The molecule has 0 radical (unpaired) electrons. The number of piperidine rings is 1. The van der Waals surface area contributed by atoms with Crippen LogP contribution in [0, 0.1) is 0 Å². The van der Waals surface area contributed by atoms with Gasteiger partial charge in [-0.25, -0.2) is 18.1 Å². The molecular formula is C23H30N2O7S2. The second-order valence-electron chi connectivity index (χ2n) is 9.45. The number of benzene rings is 1. The molecule has 0 bridgehead atoms. The third-order valence-corrected chi connectivity index (χ3v) is 7.54. The van der Waals surface area contributed by atoms with Crippen molar-refractivity contribution in [3.63, 3.8) is 0 Å². The number of carbonyl (C=O) groups is 1. The second kappa shape index (κ2) is 10.2. The Balaban J connectivity index is 1.24. The standard InChI is InChI=1S/C23H30N2O7S2/c1-23(2,3)32-22(26)25-10-8-17(9-11-25)21-24-19(15-33-21)14-29-20-6-4-16(5-7-20)18-12-30-34(27,28)31-13-18/h4-7,15,17-18H,8-14H2,1-3H3. The molecule has 2 fully saturated rings. The first-order chi connectivity index (χ1) is 16.1. The molecule has 0 N–H and O–H groups in total. The van der Waals surface area contributed by atoms with Crippen molar-refractivity contribution in [2.45, 2.75) is 57.7 Å². The number of hydrogen-bond acceptors (Lipinski definition) is 9. The minimum Gasteiger partial charge on any atom is -0.487 e. The van der Waals surface area contributed by atoms with Crippen molar-refractivity contribution < 1.29 is 31.1 Å². The van der Waals surface area contributed by atoms with E-state index >= 15 is 0 Å². The van der Waals surface area contributed by atoms with Crippen LogP contribution in [0.1, 0.15) is 61.7 Å². The van der Waals surface area contributed by atoms with Crippen LogP contribution in [0.3, 0.4) is 0 Å². The molecule has 2 aliphatic rings. The van der Waals surface area contributed by atoms with Gasteiger partial charge in [0.25, 0.3) is 0 Å². The fourth-order valence-electron chi connectivity index (χ4n) is 3.81. The largest absolute Gasteiger partial charge is 0.487 e. The average Bonchev–Trinajstić information content (AvgIpc) is 3.26. The summed E-state index contributed by atoms with van der Waals surface area (Å²) in [5.41, 5.74) is 1.31. The van der Waals surface area contributed by atoms with Crippen molar-refractivity contribution in [1.82, 2.24) is 9.88 Å². The monoisotopic (exact) mass is 510 g/mol. The SMILES string of the molecule is CC(C)(C)OC(=O)N1CCC(c2nc(COc3ccc(C4COS(=O)(=O)OC4)cc3)cs2)CC1. The number of thiazole rings is 1. The summed E-state index contributed by atoms with van der Waals surface area (Å²) in [6, 6.07) is 7.46. The van der Waals surface area contributed by atoms with Gasteiger partial charge in [-0.3, -0.25) is 0 Å². The third-order valence-electron chi connectivity index (χ3n) is 5.63. The van der Waals surface area contributed by atoms with E-state index in [1.807, 2.05) is 50.4 Å². The maximum absolute atomic E-state index is 12.3. The minimum absolute atomic E-state index is 0.0703. The number of rotatable bonds is 5. The predicted octanol–water partition coefficient (Wildman–Crippen LogP) is 4.21.